The molecule has 2 saturated heterocycles. The molecule has 29 heavy (non-hydrogen) atoms. The van der Waals surface area contributed by atoms with Crippen molar-refractivity contribution in [3.8, 4) is 0 Å². The van der Waals surface area contributed by atoms with Gasteiger partial charge >= 0.3 is 0 Å². The molecule has 8 heteroatoms. The molecule has 0 saturated carbocycles. The zero-order valence-corrected chi connectivity index (χ0v) is 17.7. The predicted molar refractivity (Wildman–Crippen MR) is 111 cm³/mol. The van der Waals surface area contributed by atoms with Gasteiger partial charge in [-0.15, -0.1) is 0 Å². The van der Waals surface area contributed by atoms with Gasteiger partial charge in [-0.3, -0.25) is 4.79 Å². The van der Waals surface area contributed by atoms with Gasteiger partial charge in [0.25, 0.3) is 0 Å². The molecular formula is C21H29N3O4S. The van der Waals surface area contributed by atoms with Crippen LogP contribution in [0.3, 0.4) is 0 Å². The number of hydrogen-bond donors (Lipinski definition) is 1. The van der Waals surface area contributed by atoms with E-state index in [1.165, 1.54) is 4.31 Å². The lowest BCUT2D eigenvalue weighted by atomic mass is 9.97. The first-order valence-electron chi connectivity index (χ1n) is 10.5. The Bertz CT molecular complexity index is 971. The highest BCUT2D eigenvalue weighted by Crippen LogP contribution is 2.27. The third-order valence-corrected chi connectivity index (χ3v) is 7.97. The molecule has 2 aromatic rings. The Morgan fingerprint density at radius 2 is 2.00 bits per heavy atom. The maximum absolute atomic E-state index is 13.1. The van der Waals surface area contributed by atoms with E-state index in [-0.39, 0.29) is 17.9 Å². The molecule has 1 atom stereocenters. The minimum Gasteiger partial charge on any atom is -0.376 e. The van der Waals surface area contributed by atoms with E-state index in [0.29, 0.717) is 37.4 Å². The van der Waals surface area contributed by atoms with Crippen LogP contribution in [0.2, 0.25) is 0 Å². The van der Waals surface area contributed by atoms with Gasteiger partial charge in [-0.05, 0) is 56.9 Å². The van der Waals surface area contributed by atoms with Gasteiger partial charge in [0.05, 0.1) is 11.0 Å². The first kappa shape index (κ1) is 20.4. The number of aromatic nitrogens is 1. The Morgan fingerprint density at radius 1 is 1.21 bits per heavy atom. The van der Waals surface area contributed by atoms with E-state index in [9.17, 15) is 13.2 Å². The van der Waals surface area contributed by atoms with Gasteiger partial charge in [0, 0.05) is 55.8 Å². The highest BCUT2D eigenvalue weighted by atomic mass is 32.2. The van der Waals surface area contributed by atoms with E-state index in [0.717, 1.165) is 36.9 Å². The Balaban J connectivity index is 1.37. The third-order valence-electron chi connectivity index (χ3n) is 6.07. The van der Waals surface area contributed by atoms with Gasteiger partial charge in [0.15, 0.2) is 0 Å². The number of aryl methyl sites for hydroxylation is 1. The molecular weight excluding hydrogens is 390 g/mol. The molecule has 2 aliphatic rings. The van der Waals surface area contributed by atoms with Crippen LogP contribution in [0.15, 0.2) is 35.4 Å². The molecule has 0 bridgehead atoms. The SMILES string of the molecule is CCn1ccc2cc(S(=O)(=O)N3CCC(C(=O)NC[C@@H]4CCCO4)CC3)ccc21. The number of hydrogen-bond acceptors (Lipinski definition) is 4. The van der Waals surface area contributed by atoms with E-state index >= 15 is 0 Å². The van der Waals surface area contributed by atoms with Crippen molar-refractivity contribution in [1.82, 2.24) is 14.2 Å². The van der Waals surface area contributed by atoms with E-state index in [1.807, 2.05) is 18.3 Å². The summed E-state index contributed by atoms with van der Waals surface area (Å²) < 4.78 is 35.3. The minimum absolute atomic E-state index is 0.0138. The molecule has 7 nitrogen and oxygen atoms in total. The summed E-state index contributed by atoms with van der Waals surface area (Å²) in [5, 5.41) is 3.90. The van der Waals surface area contributed by atoms with E-state index < -0.39 is 10.0 Å². The second kappa shape index (κ2) is 8.45. The van der Waals surface area contributed by atoms with Crippen LogP contribution < -0.4 is 5.32 Å². The van der Waals surface area contributed by atoms with Gasteiger partial charge in [-0.2, -0.15) is 4.31 Å². The van der Waals surface area contributed by atoms with E-state index in [1.54, 1.807) is 12.1 Å². The Labute approximate surface area is 172 Å². The number of piperidine rings is 1. The molecule has 0 unspecified atom stereocenters. The van der Waals surface area contributed by atoms with Crippen molar-refractivity contribution in [2.75, 3.05) is 26.2 Å². The summed E-state index contributed by atoms with van der Waals surface area (Å²) in [6.07, 6.45) is 5.23. The second-order valence-electron chi connectivity index (χ2n) is 7.88. The molecule has 0 spiro atoms. The molecule has 1 amide bonds. The fraction of sp³-hybridized carbons (Fsp3) is 0.571. The fourth-order valence-corrected chi connectivity index (χ4v) is 5.79. The van der Waals surface area contributed by atoms with Crippen LogP contribution in [0.25, 0.3) is 10.9 Å². The van der Waals surface area contributed by atoms with Gasteiger partial charge in [-0.25, -0.2) is 8.42 Å². The van der Waals surface area contributed by atoms with E-state index in [4.69, 9.17) is 4.74 Å². The van der Waals surface area contributed by atoms with Gasteiger partial charge in [0.2, 0.25) is 15.9 Å². The summed E-state index contributed by atoms with van der Waals surface area (Å²) in [6, 6.07) is 7.25. The molecule has 2 fully saturated rings. The van der Waals surface area contributed by atoms with Crippen molar-refractivity contribution in [2.24, 2.45) is 5.92 Å². The number of carbonyl (C=O) groups excluding carboxylic acids is 1. The molecule has 0 aliphatic carbocycles. The molecule has 1 aromatic heterocycles. The number of nitrogens with zero attached hydrogens (tertiary/aromatic N) is 2. The zero-order valence-electron chi connectivity index (χ0n) is 16.8. The normalized spacial score (nSPS) is 21.6. The maximum Gasteiger partial charge on any atom is 0.243 e. The predicted octanol–water partition coefficient (Wildman–Crippen LogP) is 2.36. The van der Waals surface area contributed by atoms with Crippen molar-refractivity contribution in [3.05, 3.63) is 30.5 Å². The average Bonchev–Trinajstić information content (AvgIpc) is 3.41. The molecule has 1 N–H and O–H groups in total. The summed E-state index contributed by atoms with van der Waals surface area (Å²) in [7, 11) is -3.55. The van der Waals surface area contributed by atoms with Crippen molar-refractivity contribution in [1.29, 1.82) is 0 Å². The lowest BCUT2D eigenvalue weighted by molar-refractivity contribution is -0.126. The molecule has 2 aliphatic heterocycles. The van der Waals surface area contributed by atoms with Gasteiger partial charge in [-0.1, -0.05) is 0 Å². The zero-order chi connectivity index (χ0) is 20.4. The monoisotopic (exact) mass is 419 g/mol. The Kier molecular flexibility index (Phi) is 5.94. The second-order valence-corrected chi connectivity index (χ2v) is 9.82. The first-order chi connectivity index (χ1) is 14.0. The standard InChI is InChI=1S/C21H29N3O4S/c1-2-23-10-7-17-14-19(5-6-20(17)23)29(26,27)24-11-8-16(9-12-24)21(25)22-15-18-4-3-13-28-18/h5-7,10,14,16,18H,2-4,8-9,11-13,15H2,1H3,(H,22,25)/t18-/m0/s1. The molecule has 4 rings (SSSR count). The topological polar surface area (TPSA) is 80.6 Å². The number of nitrogens with one attached hydrogen (secondary N) is 1. The number of ether oxygens (including phenoxy) is 1. The van der Waals surface area contributed by atoms with Crippen molar-refractivity contribution >= 4 is 26.8 Å². The fourth-order valence-electron chi connectivity index (χ4n) is 4.29. The van der Waals surface area contributed by atoms with Crippen LogP contribution in [-0.2, 0) is 26.1 Å². The highest BCUT2D eigenvalue weighted by Gasteiger charge is 2.32. The number of benzene rings is 1. The Hall–Kier alpha value is -1.90. The maximum atomic E-state index is 13.1. The van der Waals surface area contributed by atoms with Crippen LogP contribution in [0, 0.1) is 5.92 Å². The molecule has 158 valence electrons. The van der Waals surface area contributed by atoms with Gasteiger partial charge in [0.1, 0.15) is 0 Å². The van der Waals surface area contributed by atoms with Gasteiger partial charge < -0.3 is 14.6 Å². The number of sulfonamides is 1. The number of amides is 1. The minimum atomic E-state index is -3.55. The van der Waals surface area contributed by atoms with Crippen molar-refractivity contribution in [2.45, 2.75) is 50.2 Å². The lowest BCUT2D eigenvalue weighted by Crippen LogP contribution is -2.44. The Morgan fingerprint density at radius 3 is 2.69 bits per heavy atom. The quantitative estimate of drug-likeness (QED) is 0.779. The summed E-state index contributed by atoms with van der Waals surface area (Å²) in [5.41, 5.74) is 1.04. The van der Waals surface area contributed by atoms with Crippen molar-refractivity contribution in [3.63, 3.8) is 0 Å². The largest absolute Gasteiger partial charge is 0.376 e. The van der Waals surface area contributed by atoms with E-state index in [2.05, 4.69) is 16.8 Å². The van der Waals surface area contributed by atoms with Crippen LogP contribution >= 0.6 is 0 Å². The highest BCUT2D eigenvalue weighted by molar-refractivity contribution is 7.89. The summed E-state index contributed by atoms with van der Waals surface area (Å²) in [4.78, 5) is 12.7. The molecule has 3 heterocycles. The average molecular weight is 420 g/mol. The lowest BCUT2D eigenvalue weighted by Gasteiger charge is -2.30. The summed E-state index contributed by atoms with van der Waals surface area (Å²) in [5.74, 6) is -0.121. The first-order valence-corrected chi connectivity index (χ1v) is 11.9. The van der Waals surface area contributed by atoms with Crippen LogP contribution in [-0.4, -0.2) is 55.5 Å². The summed E-state index contributed by atoms with van der Waals surface area (Å²) in [6.45, 7) is 4.96. The number of fused-ring (bicyclic) bond motifs is 1. The third kappa shape index (κ3) is 4.20. The molecule has 0 radical (unpaired) electrons. The number of rotatable bonds is 6. The van der Waals surface area contributed by atoms with Crippen LogP contribution in [0.1, 0.15) is 32.6 Å². The number of carbonyl (C=O) groups is 1. The molecule has 1 aromatic carbocycles. The van der Waals surface area contributed by atoms with Crippen molar-refractivity contribution < 1.29 is 17.9 Å². The van der Waals surface area contributed by atoms with Crippen LogP contribution in [0.5, 0.6) is 0 Å². The summed E-state index contributed by atoms with van der Waals surface area (Å²) >= 11 is 0. The smallest absolute Gasteiger partial charge is 0.243 e. The van der Waals surface area contributed by atoms with Crippen LogP contribution in [0.4, 0.5) is 0 Å².